The minimum Gasteiger partial charge on any atom is -0.507 e. The number of rotatable bonds is 3. The van der Waals surface area contributed by atoms with Gasteiger partial charge in [0.05, 0.1) is 12.7 Å². The molecule has 3 heteroatoms. The van der Waals surface area contributed by atoms with E-state index in [1.54, 1.807) is 25.3 Å². The number of carbonyl (C=O) groups excluding carboxylic acids is 1. The van der Waals surface area contributed by atoms with Gasteiger partial charge in [-0.2, -0.15) is 0 Å². The predicted molar refractivity (Wildman–Crippen MR) is 69.5 cm³/mol. The standard InChI is InChI=1S/C15H16O3/c1-10-3-8-13(14(16)9-10)15(17)11-4-6-12(18-2)7-5-11/h3-4,6-9,11,16H,5H2,1-2H3. The van der Waals surface area contributed by atoms with Crippen LogP contribution in [0.15, 0.2) is 42.2 Å². The van der Waals surface area contributed by atoms with Crippen molar-refractivity contribution in [3.05, 3.63) is 53.3 Å². The van der Waals surface area contributed by atoms with Crippen molar-refractivity contribution in [1.29, 1.82) is 0 Å². The number of ether oxygens (including phenoxy) is 1. The Morgan fingerprint density at radius 3 is 2.78 bits per heavy atom. The number of hydrogen-bond acceptors (Lipinski definition) is 3. The zero-order valence-corrected chi connectivity index (χ0v) is 10.5. The van der Waals surface area contributed by atoms with E-state index in [2.05, 4.69) is 0 Å². The highest BCUT2D eigenvalue weighted by Gasteiger charge is 2.21. The highest BCUT2D eigenvalue weighted by atomic mass is 16.5. The number of Topliss-reactive ketones (excluding diaryl/α,β-unsaturated/α-hetero) is 1. The van der Waals surface area contributed by atoms with Gasteiger partial charge in [-0.25, -0.2) is 0 Å². The Morgan fingerprint density at radius 1 is 1.44 bits per heavy atom. The lowest BCUT2D eigenvalue weighted by atomic mass is 9.90. The molecule has 1 aromatic carbocycles. The molecule has 1 aliphatic rings. The number of benzene rings is 1. The predicted octanol–water partition coefficient (Wildman–Crippen LogP) is 2.99. The highest BCUT2D eigenvalue weighted by Crippen LogP contribution is 2.26. The SMILES string of the molecule is COC1=CCC(C(=O)c2ccc(C)cc2O)C=C1. The van der Waals surface area contributed by atoms with E-state index in [1.165, 1.54) is 0 Å². The van der Waals surface area contributed by atoms with E-state index in [0.29, 0.717) is 12.0 Å². The van der Waals surface area contributed by atoms with Crippen molar-refractivity contribution in [3.63, 3.8) is 0 Å². The molecule has 0 saturated carbocycles. The minimum atomic E-state index is -0.225. The average molecular weight is 244 g/mol. The van der Waals surface area contributed by atoms with Gasteiger partial charge in [0.15, 0.2) is 5.78 Å². The number of phenolic OH excluding ortho intramolecular Hbond substituents is 1. The maximum atomic E-state index is 12.2. The topological polar surface area (TPSA) is 46.5 Å². The van der Waals surface area contributed by atoms with E-state index in [9.17, 15) is 9.90 Å². The van der Waals surface area contributed by atoms with Crippen molar-refractivity contribution in [1.82, 2.24) is 0 Å². The van der Waals surface area contributed by atoms with Crippen molar-refractivity contribution in [2.24, 2.45) is 5.92 Å². The van der Waals surface area contributed by atoms with Crippen LogP contribution in [0, 0.1) is 12.8 Å². The molecule has 0 saturated heterocycles. The van der Waals surface area contributed by atoms with Gasteiger partial charge in [-0.15, -0.1) is 0 Å². The Morgan fingerprint density at radius 2 is 2.22 bits per heavy atom. The summed E-state index contributed by atoms with van der Waals surface area (Å²) in [4.78, 5) is 12.2. The Kier molecular flexibility index (Phi) is 3.51. The Bertz CT molecular complexity index is 527. The quantitative estimate of drug-likeness (QED) is 0.831. The van der Waals surface area contributed by atoms with Crippen molar-refractivity contribution in [3.8, 4) is 5.75 Å². The molecule has 3 nitrogen and oxygen atoms in total. The molecule has 18 heavy (non-hydrogen) atoms. The summed E-state index contributed by atoms with van der Waals surface area (Å²) in [6, 6.07) is 5.11. The minimum absolute atomic E-state index is 0.0509. The first-order chi connectivity index (χ1) is 8.61. The zero-order valence-electron chi connectivity index (χ0n) is 10.5. The van der Waals surface area contributed by atoms with E-state index >= 15 is 0 Å². The fourth-order valence-electron chi connectivity index (χ4n) is 2.00. The van der Waals surface area contributed by atoms with Crippen LogP contribution in [0.4, 0.5) is 0 Å². The normalized spacial score (nSPS) is 18.3. The lowest BCUT2D eigenvalue weighted by Gasteiger charge is -2.15. The molecule has 0 spiro atoms. The number of methoxy groups -OCH3 is 1. The molecular weight excluding hydrogens is 228 g/mol. The number of aryl methyl sites for hydroxylation is 1. The number of hydrogen-bond donors (Lipinski definition) is 1. The first-order valence-corrected chi connectivity index (χ1v) is 5.88. The van der Waals surface area contributed by atoms with Crippen LogP contribution in [0.2, 0.25) is 0 Å². The van der Waals surface area contributed by atoms with Gasteiger partial charge in [-0.05, 0) is 43.2 Å². The lowest BCUT2D eigenvalue weighted by molar-refractivity contribution is 0.0941. The molecule has 0 heterocycles. The third-order valence-electron chi connectivity index (χ3n) is 3.06. The van der Waals surface area contributed by atoms with Gasteiger partial charge in [-0.3, -0.25) is 4.79 Å². The van der Waals surface area contributed by atoms with Crippen molar-refractivity contribution >= 4 is 5.78 Å². The van der Waals surface area contributed by atoms with Crippen LogP contribution in [-0.4, -0.2) is 18.0 Å². The summed E-state index contributed by atoms with van der Waals surface area (Å²) in [5.74, 6) is 0.537. The third-order valence-corrected chi connectivity index (χ3v) is 3.06. The van der Waals surface area contributed by atoms with Gasteiger partial charge in [0, 0.05) is 5.92 Å². The number of carbonyl (C=O) groups is 1. The zero-order chi connectivity index (χ0) is 13.1. The molecule has 0 amide bonds. The fraction of sp³-hybridized carbons (Fsp3) is 0.267. The first kappa shape index (κ1) is 12.4. The number of allylic oxidation sites excluding steroid dienone is 3. The second kappa shape index (κ2) is 5.08. The maximum Gasteiger partial charge on any atom is 0.173 e. The summed E-state index contributed by atoms with van der Waals surface area (Å²) in [6.07, 6.45) is 6.09. The van der Waals surface area contributed by atoms with Gasteiger partial charge < -0.3 is 9.84 Å². The first-order valence-electron chi connectivity index (χ1n) is 5.88. The molecule has 94 valence electrons. The molecule has 2 rings (SSSR count). The molecule has 1 unspecified atom stereocenters. The van der Waals surface area contributed by atoms with Crippen molar-refractivity contribution < 1.29 is 14.6 Å². The summed E-state index contributed by atoms with van der Waals surface area (Å²) in [7, 11) is 1.60. The van der Waals surface area contributed by atoms with Gasteiger partial charge in [0.2, 0.25) is 0 Å². The molecule has 1 atom stereocenters. The van der Waals surface area contributed by atoms with Crippen molar-refractivity contribution in [2.45, 2.75) is 13.3 Å². The van der Waals surface area contributed by atoms with Crippen LogP contribution >= 0.6 is 0 Å². The highest BCUT2D eigenvalue weighted by molar-refractivity contribution is 6.01. The summed E-state index contributed by atoms with van der Waals surface area (Å²) in [5.41, 5.74) is 1.31. The third kappa shape index (κ3) is 2.45. The van der Waals surface area contributed by atoms with Gasteiger partial charge >= 0.3 is 0 Å². The molecule has 1 N–H and O–H groups in total. The number of aromatic hydroxyl groups is 1. The van der Waals surface area contributed by atoms with E-state index < -0.39 is 0 Å². The molecule has 0 aliphatic heterocycles. The molecule has 1 aliphatic carbocycles. The number of ketones is 1. The Balaban J connectivity index is 2.18. The summed E-state index contributed by atoms with van der Waals surface area (Å²) in [6.45, 7) is 1.88. The van der Waals surface area contributed by atoms with Gasteiger partial charge in [-0.1, -0.05) is 12.1 Å². The smallest absolute Gasteiger partial charge is 0.173 e. The van der Waals surface area contributed by atoms with E-state index in [0.717, 1.165) is 11.3 Å². The average Bonchev–Trinajstić information content (AvgIpc) is 2.38. The largest absolute Gasteiger partial charge is 0.507 e. The van der Waals surface area contributed by atoms with Crippen LogP contribution in [-0.2, 0) is 4.74 Å². The monoisotopic (exact) mass is 244 g/mol. The van der Waals surface area contributed by atoms with Crippen LogP contribution in [0.1, 0.15) is 22.3 Å². The van der Waals surface area contributed by atoms with Crippen LogP contribution in [0.3, 0.4) is 0 Å². The molecule has 0 bridgehead atoms. The van der Waals surface area contributed by atoms with Crippen LogP contribution in [0.25, 0.3) is 0 Å². The van der Waals surface area contributed by atoms with E-state index in [4.69, 9.17) is 4.74 Å². The summed E-state index contributed by atoms with van der Waals surface area (Å²) >= 11 is 0. The van der Waals surface area contributed by atoms with E-state index in [-0.39, 0.29) is 17.5 Å². The number of phenols is 1. The molecule has 0 aromatic heterocycles. The lowest BCUT2D eigenvalue weighted by Crippen LogP contribution is -2.14. The second-order valence-electron chi connectivity index (χ2n) is 4.40. The van der Waals surface area contributed by atoms with Gasteiger partial charge in [0.1, 0.15) is 11.5 Å². The summed E-state index contributed by atoms with van der Waals surface area (Å²) < 4.78 is 5.08. The Hall–Kier alpha value is -2.03. The Labute approximate surface area is 106 Å². The molecule has 0 fully saturated rings. The molecular formula is C15H16O3. The van der Waals surface area contributed by atoms with E-state index in [1.807, 2.05) is 25.1 Å². The van der Waals surface area contributed by atoms with Crippen LogP contribution < -0.4 is 0 Å². The maximum absolute atomic E-state index is 12.2. The summed E-state index contributed by atoms with van der Waals surface area (Å²) in [5, 5.41) is 9.81. The molecule has 1 aromatic rings. The van der Waals surface area contributed by atoms with Crippen LogP contribution in [0.5, 0.6) is 5.75 Å². The fourth-order valence-corrected chi connectivity index (χ4v) is 2.00. The van der Waals surface area contributed by atoms with Crippen molar-refractivity contribution in [2.75, 3.05) is 7.11 Å². The van der Waals surface area contributed by atoms with Gasteiger partial charge in [0.25, 0.3) is 0 Å². The molecule has 0 radical (unpaired) electrons. The second-order valence-corrected chi connectivity index (χ2v) is 4.40.